The van der Waals surface area contributed by atoms with E-state index in [-0.39, 0.29) is 23.6 Å². The quantitative estimate of drug-likeness (QED) is 0.190. The SMILES string of the molecule is CCC(=O)c1c(-c2ccc(F)cc2)oc2cc(N(C)S(C)(=O)=O)c([C@@H]3CCCN(c4nc5c(F)cccc5o4)C3)cc12. The number of piperidine rings is 1. The van der Waals surface area contributed by atoms with Gasteiger partial charge in [-0.2, -0.15) is 4.98 Å². The molecule has 0 N–H and O–H groups in total. The third-order valence-electron chi connectivity index (χ3n) is 7.87. The lowest BCUT2D eigenvalue weighted by Gasteiger charge is -2.34. The van der Waals surface area contributed by atoms with Crippen molar-refractivity contribution in [3.63, 3.8) is 0 Å². The molecule has 6 rings (SSSR count). The highest BCUT2D eigenvalue weighted by Gasteiger charge is 2.31. The van der Waals surface area contributed by atoms with E-state index in [1.807, 2.05) is 11.0 Å². The van der Waals surface area contributed by atoms with Gasteiger partial charge in [0.25, 0.3) is 6.01 Å². The maximum Gasteiger partial charge on any atom is 0.298 e. The molecule has 42 heavy (non-hydrogen) atoms. The number of ketones is 1. The number of para-hydroxylation sites is 1. The van der Waals surface area contributed by atoms with Crippen LogP contribution in [0.3, 0.4) is 0 Å². The highest BCUT2D eigenvalue weighted by Crippen LogP contribution is 2.43. The van der Waals surface area contributed by atoms with Crippen molar-refractivity contribution in [2.45, 2.75) is 32.1 Å². The van der Waals surface area contributed by atoms with Crippen LogP contribution in [-0.2, 0) is 10.0 Å². The Kier molecular flexibility index (Phi) is 7.00. The van der Waals surface area contributed by atoms with Crippen molar-refractivity contribution >= 4 is 49.6 Å². The second-order valence-corrected chi connectivity index (χ2v) is 12.6. The molecule has 218 valence electrons. The second-order valence-electron chi connectivity index (χ2n) is 10.6. The molecule has 1 atom stereocenters. The van der Waals surface area contributed by atoms with Crippen molar-refractivity contribution in [1.82, 2.24) is 4.98 Å². The summed E-state index contributed by atoms with van der Waals surface area (Å²) in [6.45, 7) is 2.82. The number of furan rings is 1. The van der Waals surface area contributed by atoms with E-state index < -0.39 is 21.7 Å². The minimum atomic E-state index is -3.66. The van der Waals surface area contributed by atoms with E-state index in [0.29, 0.717) is 58.2 Å². The summed E-state index contributed by atoms with van der Waals surface area (Å²) in [6.07, 6.45) is 2.83. The number of carbonyl (C=O) groups excluding carboxylic acids is 1. The molecule has 11 heteroatoms. The molecule has 5 aromatic rings. The topological polar surface area (TPSA) is 96.9 Å². The number of benzene rings is 3. The molecule has 3 heterocycles. The van der Waals surface area contributed by atoms with E-state index in [0.717, 1.165) is 24.7 Å². The summed E-state index contributed by atoms with van der Waals surface area (Å²) in [5.41, 5.74) is 2.91. The van der Waals surface area contributed by atoms with E-state index in [1.54, 1.807) is 37.3 Å². The van der Waals surface area contributed by atoms with E-state index in [9.17, 15) is 22.0 Å². The number of hydrogen-bond acceptors (Lipinski definition) is 7. The largest absolute Gasteiger partial charge is 0.455 e. The van der Waals surface area contributed by atoms with Crippen LogP contribution in [0.4, 0.5) is 20.5 Å². The Morgan fingerprint density at radius 1 is 1.10 bits per heavy atom. The Balaban J connectivity index is 1.50. The van der Waals surface area contributed by atoms with Gasteiger partial charge in [-0.15, -0.1) is 0 Å². The van der Waals surface area contributed by atoms with Gasteiger partial charge in [-0.3, -0.25) is 9.10 Å². The number of Topliss-reactive ketones (excluding diaryl/α,β-unsaturated/α-hetero) is 1. The number of fused-ring (bicyclic) bond motifs is 2. The minimum absolute atomic E-state index is 0.151. The summed E-state index contributed by atoms with van der Waals surface area (Å²) >= 11 is 0. The van der Waals surface area contributed by atoms with Crippen LogP contribution in [0.25, 0.3) is 33.4 Å². The summed E-state index contributed by atoms with van der Waals surface area (Å²) in [6, 6.07) is 14.0. The molecule has 0 bridgehead atoms. The van der Waals surface area contributed by atoms with E-state index in [2.05, 4.69) is 4.98 Å². The van der Waals surface area contributed by atoms with Crippen molar-refractivity contribution in [3.05, 3.63) is 77.4 Å². The Bertz CT molecular complexity index is 1930. The number of anilines is 2. The van der Waals surface area contributed by atoms with Crippen LogP contribution in [0.15, 0.2) is 63.4 Å². The van der Waals surface area contributed by atoms with Crippen molar-refractivity contribution in [2.24, 2.45) is 0 Å². The minimum Gasteiger partial charge on any atom is -0.455 e. The number of hydrogen-bond donors (Lipinski definition) is 0. The molecule has 0 radical (unpaired) electrons. The summed E-state index contributed by atoms with van der Waals surface area (Å²) in [7, 11) is -2.18. The zero-order valence-corrected chi connectivity index (χ0v) is 24.2. The molecule has 0 spiro atoms. The molecule has 8 nitrogen and oxygen atoms in total. The third-order valence-corrected chi connectivity index (χ3v) is 9.06. The van der Waals surface area contributed by atoms with Gasteiger partial charge < -0.3 is 13.7 Å². The smallest absolute Gasteiger partial charge is 0.298 e. The van der Waals surface area contributed by atoms with Crippen LogP contribution in [0.2, 0.25) is 0 Å². The van der Waals surface area contributed by atoms with E-state index in [4.69, 9.17) is 8.83 Å². The molecule has 3 aromatic carbocycles. The number of oxazole rings is 1. The van der Waals surface area contributed by atoms with Gasteiger partial charge in [0.05, 0.1) is 17.5 Å². The average Bonchev–Trinajstić information content (AvgIpc) is 3.58. The van der Waals surface area contributed by atoms with E-state index in [1.165, 1.54) is 29.6 Å². The molecule has 0 saturated carbocycles. The molecular formula is C31H29F2N3O5S. The average molecular weight is 594 g/mol. The van der Waals surface area contributed by atoms with Gasteiger partial charge in [0.1, 0.15) is 22.7 Å². The molecular weight excluding hydrogens is 564 g/mol. The summed E-state index contributed by atoms with van der Waals surface area (Å²) in [5.74, 6) is -0.900. The van der Waals surface area contributed by atoms with Gasteiger partial charge in [-0.05, 0) is 60.9 Å². The molecule has 0 aliphatic carbocycles. The van der Waals surface area contributed by atoms with Crippen LogP contribution in [-0.4, -0.2) is 45.6 Å². The van der Waals surface area contributed by atoms with Crippen LogP contribution < -0.4 is 9.21 Å². The number of rotatable bonds is 7. The summed E-state index contributed by atoms with van der Waals surface area (Å²) in [4.78, 5) is 19.6. The monoisotopic (exact) mass is 593 g/mol. The van der Waals surface area contributed by atoms with Crippen molar-refractivity contribution < 1.29 is 30.8 Å². The van der Waals surface area contributed by atoms with Crippen LogP contribution >= 0.6 is 0 Å². The zero-order chi connectivity index (χ0) is 29.8. The molecule has 1 saturated heterocycles. The van der Waals surface area contributed by atoms with Gasteiger partial charge in [-0.1, -0.05) is 13.0 Å². The Morgan fingerprint density at radius 2 is 1.86 bits per heavy atom. The number of sulfonamides is 1. The maximum atomic E-state index is 14.3. The van der Waals surface area contributed by atoms with Crippen molar-refractivity contribution in [1.29, 1.82) is 0 Å². The van der Waals surface area contributed by atoms with Gasteiger partial charge in [0, 0.05) is 49.5 Å². The number of aromatic nitrogens is 1. The maximum absolute atomic E-state index is 14.3. The lowest BCUT2D eigenvalue weighted by atomic mass is 9.88. The van der Waals surface area contributed by atoms with Gasteiger partial charge in [0.15, 0.2) is 17.2 Å². The molecule has 1 fully saturated rings. The molecule has 2 aromatic heterocycles. The van der Waals surface area contributed by atoms with Crippen molar-refractivity contribution in [3.8, 4) is 11.3 Å². The fourth-order valence-electron chi connectivity index (χ4n) is 5.63. The molecule has 0 unspecified atom stereocenters. The summed E-state index contributed by atoms with van der Waals surface area (Å²) < 4.78 is 66.8. The Hall–Kier alpha value is -4.25. The first-order valence-corrected chi connectivity index (χ1v) is 15.5. The van der Waals surface area contributed by atoms with Crippen LogP contribution in [0.1, 0.15) is 48.0 Å². The zero-order valence-electron chi connectivity index (χ0n) is 23.4. The normalized spacial score (nSPS) is 15.9. The predicted octanol–water partition coefficient (Wildman–Crippen LogP) is 6.89. The lowest BCUT2D eigenvalue weighted by molar-refractivity contribution is 0.0989. The highest BCUT2D eigenvalue weighted by atomic mass is 32.2. The van der Waals surface area contributed by atoms with E-state index >= 15 is 0 Å². The van der Waals surface area contributed by atoms with Gasteiger partial charge in [0.2, 0.25) is 10.0 Å². The summed E-state index contributed by atoms with van der Waals surface area (Å²) in [5, 5.41) is 0.558. The first-order valence-electron chi connectivity index (χ1n) is 13.7. The predicted molar refractivity (Wildman–Crippen MR) is 158 cm³/mol. The fourth-order valence-corrected chi connectivity index (χ4v) is 6.14. The number of carbonyl (C=O) groups is 1. The van der Waals surface area contributed by atoms with Crippen LogP contribution in [0.5, 0.6) is 0 Å². The third kappa shape index (κ3) is 4.91. The number of nitrogens with zero attached hydrogens (tertiary/aromatic N) is 3. The fraction of sp³-hybridized carbons (Fsp3) is 0.290. The van der Waals surface area contributed by atoms with Crippen molar-refractivity contribution in [2.75, 3.05) is 35.6 Å². The Labute approximate surface area is 241 Å². The first-order chi connectivity index (χ1) is 20.0. The standard InChI is InChI=1S/C31H29F2N3O5S/c1-4-25(37)28-22-15-21(19-7-6-14-36(17-19)31-34-29-23(33)8-5-9-26(29)41-31)24(35(2)42(3,38)39)16-27(22)40-30(28)18-10-12-20(32)13-11-18/h5,8-13,15-16,19H,4,6-7,14,17H2,1-3H3/t19-/m1/s1. The molecule has 1 aliphatic heterocycles. The lowest BCUT2D eigenvalue weighted by Crippen LogP contribution is -2.35. The first kappa shape index (κ1) is 27.9. The second kappa shape index (κ2) is 10.5. The Morgan fingerprint density at radius 3 is 2.55 bits per heavy atom. The van der Waals surface area contributed by atoms with Gasteiger partial charge in [-0.25, -0.2) is 17.2 Å². The molecule has 1 aliphatic rings. The van der Waals surface area contributed by atoms with Gasteiger partial charge >= 0.3 is 0 Å². The molecule has 0 amide bonds. The van der Waals surface area contributed by atoms with Crippen LogP contribution in [0, 0.1) is 11.6 Å². The highest BCUT2D eigenvalue weighted by molar-refractivity contribution is 7.92. The number of halogens is 2.